The van der Waals surface area contributed by atoms with Crippen molar-refractivity contribution in [2.45, 2.75) is 109 Å². The maximum Gasteiger partial charge on any atom is 0.295 e. The molecule has 0 radical (unpaired) electrons. The Bertz CT molecular complexity index is 3490. The van der Waals surface area contributed by atoms with E-state index in [1.165, 1.54) is 18.2 Å². The SMILES string of the molecule is CC1(C)C(=CC=C2CCCC(C=CC3=C(CCCCS(=O)(=O)O)c4ccc5cc(SOOO)cc(S(=O)(=O)O)c5c4C3(C)C)=C2Cl)N(CCCCS(=O)(=O)O)c2ccc3cc(S(=O)(=O)O)cc(SOOO)c3c21. The Morgan fingerprint density at radius 3 is 1.99 bits per heavy atom. The lowest BCUT2D eigenvalue weighted by atomic mass is 9.78. The molecule has 0 saturated heterocycles. The molecular formula is C47H52ClNO18S6. The average Bonchev–Trinajstić information content (AvgIpc) is 3.65. The average molecular weight is 1150 g/mol. The molecule has 19 nitrogen and oxygen atoms in total. The summed E-state index contributed by atoms with van der Waals surface area (Å²) in [6.07, 6.45) is 10.8. The van der Waals surface area contributed by atoms with Crippen molar-refractivity contribution >= 4 is 109 Å². The Labute approximate surface area is 436 Å². The monoisotopic (exact) mass is 1150 g/mol. The van der Waals surface area contributed by atoms with Gasteiger partial charge in [0.2, 0.25) is 0 Å². The van der Waals surface area contributed by atoms with Gasteiger partial charge in [0.15, 0.2) is 0 Å². The van der Waals surface area contributed by atoms with Gasteiger partial charge in [-0.25, -0.2) is 10.5 Å². The van der Waals surface area contributed by atoms with E-state index in [0.717, 1.165) is 28.0 Å². The number of hydrogen-bond donors (Lipinski definition) is 6. The van der Waals surface area contributed by atoms with E-state index < -0.39 is 72.6 Å². The molecule has 4 aromatic rings. The molecule has 0 saturated carbocycles. The molecule has 0 fully saturated rings. The highest BCUT2D eigenvalue weighted by Crippen LogP contribution is 2.55. The molecule has 26 heteroatoms. The maximum atomic E-state index is 13.0. The standard InChI is InChI=1S/C47H52ClNO18S6/c1-46(2)36(34(12-5-7-22-70(52,53)54)35-17-13-30-24-32(68-66-64-50)26-39(73(61,62)63)42(30)43(35)46)18-14-28-10-9-11-29(45(28)48)16-20-40-47(3,4)44-37(49(40)21-6-8-23-71(55,56)57)19-15-31-25-33(72(58,59)60)27-38(41(31)44)69-67-65-51/h13-20,24-27,50-51H,5-12,21-23H2,1-4H3,(H,52,53,54)(H,55,56,57)(H,58,59,60)(H,61,62,63). The molecule has 3 aliphatic rings. The summed E-state index contributed by atoms with van der Waals surface area (Å²) in [7, 11) is -18.0. The molecule has 2 aliphatic carbocycles. The summed E-state index contributed by atoms with van der Waals surface area (Å²) in [6, 6.07) is 12.3. The minimum absolute atomic E-state index is 0.134. The molecule has 1 aliphatic heterocycles. The zero-order valence-electron chi connectivity index (χ0n) is 39.6. The first kappa shape index (κ1) is 57.0. The van der Waals surface area contributed by atoms with Gasteiger partial charge in [-0.05, 0) is 138 Å². The molecule has 0 spiro atoms. The van der Waals surface area contributed by atoms with Crippen molar-refractivity contribution in [3.8, 4) is 0 Å². The lowest BCUT2D eigenvalue weighted by molar-refractivity contribution is -0.432. The van der Waals surface area contributed by atoms with Crippen LogP contribution in [0.25, 0.3) is 27.1 Å². The Morgan fingerprint density at radius 1 is 0.699 bits per heavy atom. The molecular weight excluding hydrogens is 1090 g/mol. The normalized spacial score (nSPS) is 18.4. The number of halogens is 1. The summed E-state index contributed by atoms with van der Waals surface area (Å²) in [5, 5.41) is 27.5. The fraction of sp³-hybridized carbons (Fsp3) is 0.362. The number of anilines is 1. The third-order valence-corrected chi connectivity index (χ3v) is 18.2. The number of unbranched alkanes of at least 4 members (excludes halogenated alkanes) is 2. The minimum Gasteiger partial charge on any atom is -0.344 e. The van der Waals surface area contributed by atoms with Crippen LogP contribution in [0.3, 0.4) is 0 Å². The predicted molar refractivity (Wildman–Crippen MR) is 277 cm³/mol. The quantitative estimate of drug-likeness (QED) is 0.0148. The highest BCUT2D eigenvalue weighted by atomic mass is 35.5. The van der Waals surface area contributed by atoms with Crippen LogP contribution in [0.1, 0.15) is 95.8 Å². The Morgan fingerprint density at radius 2 is 1.34 bits per heavy atom. The molecule has 0 unspecified atom stereocenters. The van der Waals surface area contributed by atoms with Crippen molar-refractivity contribution in [2.24, 2.45) is 0 Å². The molecule has 73 heavy (non-hydrogen) atoms. The summed E-state index contributed by atoms with van der Waals surface area (Å²) in [4.78, 5) is 1.56. The number of rotatable bonds is 21. The molecule has 6 N–H and O–H groups in total. The van der Waals surface area contributed by atoms with Crippen molar-refractivity contribution in [3.05, 3.63) is 117 Å². The van der Waals surface area contributed by atoms with Gasteiger partial charge in [0.25, 0.3) is 40.5 Å². The first-order valence-electron chi connectivity index (χ1n) is 22.5. The zero-order chi connectivity index (χ0) is 53.5. The molecule has 0 bridgehead atoms. The van der Waals surface area contributed by atoms with Gasteiger partial charge < -0.3 is 4.90 Å². The molecule has 396 valence electrons. The fourth-order valence-corrected chi connectivity index (χ4v) is 14.1. The van der Waals surface area contributed by atoms with E-state index in [0.29, 0.717) is 113 Å². The van der Waals surface area contributed by atoms with Crippen LogP contribution < -0.4 is 4.90 Å². The second kappa shape index (κ2) is 22.1. The topological polar surface area (TPSA) is 298 Å². The minimum atomic E-state index is -4.86. The second-order valence-electron chi connectivity index (χ2n) is 18.7. The summed E-state index contributed by atoms with van der Waals surface area (Å²) in [6.45, 7) is 8.01. The first-order chi connectivity index (χ1) is 34.1. The summed E-state index contributed by atoms with van der Waals surface area (Å²) >= 11 is 8.34. The van der Waals surface area contributed by atoms with Gasteiger partial charge in [-0.1, -0.05) is 85.8 Å². The van der Waals surface area contributed by atoms with E-state index in [9.17, 15) is 51.9 Å². The van der Waals surface area contributed by atoms with Gasteiger partial charge >= 0.3 is 0 Å². The van der Waals surface area contributed by atoms with Crippen LogP contribution >= 0.6 is 35.7 Å². The van der Waals surface area contributed by atoms with E-state index in [4.69, 9.17) is 26.4 Å². The smallest absolute Gasteiger partial charge is 0.295 e. The van der Waals surface area contributed by atoms with Gasteiger partial charge in [0, 0.05) is 54.4 Å². The molecule has 1 heterocycles. The number of fused-ring (bicyclic) bond motifs is 6. The predicted octanol–water partition coefficient (Wildman–Crippen LogP) is 11.0. The van der Waals surface area contributed by atoms with E-state index in [-0.39, 0.29) is 28.0 Å². The van der Waals surface area contributed by atoms with Crippen LogP contribution in [0.2, 0.25) is 0 Å². The van der Waals surface area contributed by atoms with Gasteiger partial charge in [-0.3, -0.25) is 18.2 Å². The van der Waals surface area contributed by atoms with E-state index >= 15 is 0 Å². The maximum absolute atomic E-state index is 13.0. The van der Waals surface area contributed by atoms with Gasteiger partial charge in [-0.15, -0.1) is 8.67 Å². The Hall–Kier alpha value is -3.71. The van der Waals surface area contributed by atoms with E-state index in [1.807, 2.05) is 63.0 Å². The highest BCUT2D eigenvalue weighted by molar-refractivity contribution is 7.95. The molecule has 4 aromatic carbocycles. The number of benzene rings is 4. The van der Waals surface area contributed by atoms with Crippen molar-refractivity contribution < 1.29 is 81.1 Å². The Balaban J connectivity index is 1.32. The van der Waals surface area contributed by atoms with Crippen LogP contribution in [0, 0.1) is 0 Å². The van der Waals surface area contributed by atoms with E-state index in [2.05, 4.69) is 14.4 Å². The summed E-state index contributed by atoms with van der Waals surface area (Å²) in [5.74, 6) is -0.915. The first-order valence-corrected chi connectivity index (χ1v) is 30.4. The molecule has 7 rings (SSSR count). The fourth-order valence-electron chi connectivity index (χ4n) is 10.2. The number of allylic oxidation sites excluding steroid dienone is 10. The van der Waals surface area contributed by atoms with Gasteiger partial charge in [0.1, 0.15) is 4.90 Å². The molecule has 0 aromatic heterocycles. The second-order valence-corrected chi connectivity index (χ2v) is 26.5. The number of hydrogen-bond acceptors (Lipinski definition) is 17. The van der Waals surface area contributed by atoms with E-state index in [1.54, 1.807) is 24.3 Å². The van der Waals surface area contributed by atoms with Crippen molar-refractivity contribution in [1.82, 2.24) is 0 Å². The van der Waals surface area contributed by atoms with Crippen LogP contribution in [0.5, 0.6) is 0 Å². The highest BCUT2D eigenvalue weighted by Gasteiger charge is 2.43. The third kappa shape index (κ3) is 12.6. The third-order valence-electron chi connectivity index (χ3n) is 13.2. The largest absolute Gasteiger partial charge is 0.344 e. The van der Waals surface area contributed by atoms with Crippen LogP contribution in [-0.2, 0) is 70.0 Å². The summed E-state index contributed by atoms with van der Waals surface area (Å²) < 4.78 is 146. The van der Waals surface area contributed by atoms with Crippen LogP contribution in [0.15, 0.2) is 120 Å². The van der Waals surface area contributed by atoms with Crippen LogP contribution in [-0.4, -0.2) is 80.4 Å². The zero-order valence-corrected chi connectivity index (χ0v) is 45.2. The van der Waals surface area contributed by atoms with Gasteiger partial charge in [0.05, 0.1) is 40.5 Å². The number of nitrogens with zero attached hydrogens (tertiary/aromatic N) is 1. The lowest BCUT2D eigenvalue weighted by Gasteiger charge is -2.27. The van der Waals surface area contributed by atoms with Crippen molar-refractivity contribution in [1.29, 1.82) is 0 Å². The van der Waals surface area contributed by atoms with Crippen molar-refractivity contribution in [3.63, 3.8) is 0 Å². The molecule has 0 amide bonds. The molecule has 0 atom stereocenters. The Kier molecular flexibility index (Phi) is 17.3. The van der Waals surface area contributed by atoms with Gasteiger partial charge in [-0.2, -0.15) is 33.7 Å². The summed E-state index contributed by atoms with van der Waals surface area (Å²) in [5.41, 5.74) is 4.77. The van der Waals surface area contributed by atoms with Crippen LogP contribution in [0.4, 0.5) is 5.69 Å². The lowest BCUT2D eigenvalue weighted by Crippen LogP contribution is -2.27. The van der Waals surface area contributed by atoms with Crippen molar-refractivity contribution in [2.75, 3.05) is 23.0 Å².